The first-order valence-corrected chi connectivity index (χ1v) is 7.48. The van der Waals surface area contributed by atoms with Crippen LogP contribution in [0, 0.1) is 0 Å². The minimum atomic E-state index is -0.859. The second-order valence-corrected chi connectivity index (χ2v) is 6.89. The highest BCUT2D eigenvalue weighted by Crippen LogP contribution is 2.38. The monoisotopic (exact) mass is 295 g/mol. The number of rotatable bonds is 3. The highest BCUT2D eigenvalue weighted by molar-refractivity contribution is 7.15. The Morgan fingerprint density at radius 1 is 1.21 bits per heavy atom. The summed E-state index contributed by atoms with van der Waals surface area (Å²) in [7, 11) is 0. The van der Waals surface area contributed by atoms with Crippen LogP contribution in [0.5, 0.6) is 0 Å². The summed E-state index contributed by atoms with van der Waals surface area (Å²) >= 11 is 7.45. The lowest BCUT2D eigenvalue weighted by molar-refractivity contribution is 0.0811. The molecule has 0 atom stereocenters. The van der Waals surface area contributed by atoms with Crippen LogP contribution in [0.25, 0.3) is 10.6 Å². The molecule has 0 saturated carbocycles. The fourth-order valence-electron chi connectivity index (χ4n) is 1.88. The molecule has 0 fully saturated rings. The largest absolute Gasteiger partial charge is 0.385 e. The van der Waals surface area contributed by atoms with Crippen LogP contribution >= 0.6 is 22.9 Å². The van der Waals surface area contributed by atoms with Crippen molar-refractivity contribution in [2.24, 2.45) is 0 Å². The SMILES string of the molecule is CC(C)c1nc(-c2ccc(Cl)cc2)sc1C(C)(C)O. The van der Waals surface area contributed by atoms with Gasteiger partial charge >= 0.3 is 0 Å². The van der Waals surface area contributed by atoms with E-state index in [-0.39, 0.29) is 0 Å². The smallest absolute Gasteiger partial charge is 0.123 e. The molecule has 0 radical (unpaired) electrons. The predicted octanol–water partition coefficient (Wildman–Crippen LogP) is 4.81. The van der Waals surface area contributed by atoms with Crippen LogP contribution in [0.2, 0.25) is 5.02 Å². The zero-order valence-electron chi connectivity index (χ0n) is 11.6. The van der Waals surface area contributed by atoms with Crippen molar-refractivity contribution in [3.05, 3.63) is 39.9 Å². The Morgan fingerprint density at radius 3 is 2.21 bits per heavy atom. The van der Waals surface area contributed by atoms with E-state index in [0.717, 1.165) is 21.1 Å². The molecule has 102 valence electrons. The van der Waals surface area contributed by atoms with Crippen molar-refractivity contribution in [3.63, 3.8) is 0 Å². The Balaban J connectivity index is 2.52. The van der Waals surface area contributed by atoms with E-state index in [1.165, 1.54) is 0 Å². The van der Waals surface area contributed by atoms with E-state index < -0.39 is 5.60 Å². The summed E-state index contributed by atoms with van der Waals surface area (Å²) in [6.45, 7) is 7.79. The maximum atomic E-state index is 10.3. The molecule has 0 saturated heterocycles. The van der Waals surface area contributed by atoms with Crippen molar-refractivity contribution >= 4 is 22.9 Å². The molecule has 2 nitrogen and oxygen atoms in total. The standard InChI is InChI=1S/C15H18ClNOS/c1-9(2)12-13(15(3,4)18)19-14(17-12)10-5-7-11(16)8-6-10/h5-9,18H,1-4H3. The third-order valence-electron chi connectivity index (χ3n) is 2.85. The van der Waals surface area contributed by atoms with Gasteiger partial charge in [-0.3, -0.25) is 0 Å². The average Bonchev–Trinajstić information content (AvgIpc) is 2.74. The molecular formula is C15H18ClNOS. The van der Waals surface area contributed by atoms with E-state index in [2.05, 4.69) is 13.8 Å². The van der Waals surface area contributed by atoms with E-state index in [9.17, 15) is 5.11 Å². The van der Waals surface area contributed by atoms with Gasteiger partial charge in [0, 0.05) is 10.6 Å². The third-order valence-corrected chi connectivity index (χ3v) is 4.53. The maximum absolute atomic E-state index is 10.3. The summed E-state index contributed by atoms with van der Waals surface area (Å²) in [6, 6.07) is 7.63. The predicted molar refractivity (Wildman–Crippen MR) is 81.9 cm³/mol. The lowest BCUT2D eigenvalue weighted by Crippen LogP contribution is -2.16. The molecule has 0 amide bonds. The van der Waals surface area contributed by atoms with Crippen LogP contribution in [0.15, 0.2) is 24.3 Å². The van der Waals surface area contributed by atoms with Crippen molar-refractivity contribution in [3.8, 4) is 10.6 Å². The topological polar surface area (TPSA) is 33.1 Å². The molecule has 0 aliphatic carbocycles. The summed E-state index contributed by atoms with van der Waals surface area (Å²) in [4.78, 5) is 5.63. The molecule has 0 aliphatic heterocycles. The van der Waals surface area contributed by atoms with E-state index in [0.29, 0.717) is 10.9 Å². The number of hydrogen-bond acceptors (Lipinski definition) is 3. The first kappa shape index (κ1) is 14.5. The number of hydrogen-bond donors (Lipinski definition) is 1. The highest BCUT2D eigenvalue weighted by atomic mass is 35.5. The van der Waals surface area contributed by atoms with Gasteiger partial charge in [-0.25, -0.2) is 4.98 Å². The number of aromatic nitrogens is 1. The van der Waals surface area contributed by atoms with Crippen molar-refractivity contribution in [2.75, 3.05) is 0 Å². The Bertz CT molecular complexity index is 567. The highest BCUT2D eigenvalue weighted by Gasteiger charge is 2.26. The number of halogens is 1. The van der Waals surface area contributed by atoms with Gasteiger partial charge in [0.15, 0.2) is 0 Å². The number of thiazole rings is 1. The lowest BCUT2D eigenvalue weighted by Gasteiger charge is -2.17. The summed E-state index contributed by atoms with van der Waals surface area (Å²) in [5.74, 6) is 0.290. The third kappa shape index (κ3) is 3.16. The first-order chi connectivity index (χ1) is 8.79. The Labute approximate surface area is 123 Å². The summed E-state index contributed by atoms with van der Waals surface area (Å²) < 4.78 is 0. The summed E-state index contributed by atoms with van der Waals surface area (Å²) in [5, 5.41) is 11.9. The lowest BCUT2D eigenvalue weighted by atomic mass is 10.0. The van der Waals surface area contributed by atoms with Crippen LogP contribution in [0.1, 0.15) is 44.2 Å². The van der Waals surface area contributed by atoms with Crippen LogP contribution in [0.3, 0.4) is 0 Å². The van der Waals surface area contributed by atoms with E-state index in [1.807, 2.05) is 24.3 Å². The number of benzene rings is 1. The minimum Gasteiger partial charge on any atom is -0.385 e. The van der Waals surface area contributed by atoms with Gasteiger partial charge in [-0.05, 0) is 31.9 Å². The zero-order valence-corrected chi connectivity index (χ0v) is 13.1. The Hall–Kier alpha value is -0.900. The molecule has 0 unspecified atom stereocenters. The van der Waals surface area contributed by atoms with E-state index >= 15 is 0 Å². The molecule has 4 heteroatoms. The molecule has 0 aliphatic rings. The Morgan fingerprint density at radius 2 is 1.79 bits per heavy atom. The van der Waals surface area contributed by atoms with Gasteiger partial charge in [0.05, 0.1) is 16.2 Å². The summed E-state index contributed by atoms with van der Waals surface area (Å²) in [6.07, 6.45) is 0. The van der Waals surface area contributed by atoms with Crippen molar-refractivity contribution in [1.82, 2.24) is 4.98 Å². The van der Waals surface area contributed by atoms with Crippen LogP contribution in [0.4, 0.5) is 0 Å². The van der Waals surface area contributed by atoms with Gasteiger partial charge in [0.2, 0.25) is 0 Å². The first-order valence-electron chi connectivity index (χ1n) is 6.28. The molecule has 2 rings (SSSR count). The molecule has 0 spiro atoms. The molecule has 2 aromatic rings. The average molecular weight is 296 g/mol. The van der Waals surface area contributed by atoms with Crippen LogP contribution in [-0.4, -0.2) is 10.1 Å². The molecule has 1 N–H and O–H groups in total. The zero-order chi connectivity index (χ0) is 14.2. The maximum Gasteiger partial charge on any atom is 0.123 e. The second kappa shape index (κ2) is 5.23. The number of aliphatic hydroxyl groups is 1. The fourth-order valence-corrected chi connectivity index (χ4v) is 3.23. The number of nitrogens with zero attached hydrogens (tertiary/aromatic N) is 1. The normalized spacial score (nSPS) is 12.2. The Kier molecular flexibility index (Phi) is 4.00. The molecule has 0 bridgehead atoms. The molecule has 1 heterocycles. The summed E-state index contributed by atoms with van der Waals surface area (Å²) in [5.41, 5.74) is 1.15. The molecular weight excluding hydrogens is 278 g/mol. The minimum absolute atomic E-state index is 0.290. The van der Waals surface area contributed by atoms with E-state index in [4.69, 9.17) is 16.6 Å². The van der Waals surface area contributed by atoms with Gasteiger partial charge in [0.25, 0.3) is 0 Å². The fraction of sp³-hybridized carbons (Fsp3) is 0.400. The van der Waals surface area contributed by atoms with Gasteiger partial charge in [-0.1, -0.05) is 37.6 Å². The van der Waals surface area contributed by atoms with Crippen LogP contribution in [-0.2, 0) is 5.60 Å². The van der Waals surface area contributed by atoms with Gasteiger partial charge in [-0.2, -0.15) is 0 Å². The second-order valence-electron chi connectivity index (χ2n) is 5.45. The molecule has 1 aromatic carbocycles. The van der Waals surface area contributed by atoms with Gasteiger partial charge < -0.3 is 5.11 Å². The van der Waals surface area contributed by atoms with Crippen molar-refractivity contribution < 1.29 is 5.11 Å². The van der Waals surface area contributed by atoms with Gasteiger partial charge in [0.1, 0.15) is 5.01 Å². The van der Waals surface area contributed by atoms with Crippen LogP contribution < -0.4 is 0 Å². The van der Waals surface area contributed by atoms with Crippen molar-refractivity contribution in [2.45, 2.75) is 39.2 Å². The van der Waals surface area contributed by atoms with Gasteiger partial charge in [-0.15, -0.1) is 11.3 Å². The molecule has 1 aromatic heterocycles. The van der Waals surface area contributed by atoms with Crippen molar-refractivity contribution in [1.29, 1.82) is 0 Å². The van der Waals surface area contributed by atoms with E-state index in [1.54, 1.807) is 25.2 Å². The molecule has 19 heavy (non-hydrogen) atoms. The quantitative estimate of drug-likeness (QED) is 0.881.